The second kappa shape index (κ2) is 8.29. The zero-order valence-electron chi connectivity index (χ0n) is 12.2. The Hall–Kier alpha value is -1.85. The Balaban J connectivity index is 4.12. The maximum Gasteiger partial charge on any atom is 0.408 e. The number of alkyl carbamates (subject to hydrolysis) is 1. The van der Waals surface area contributed by atoms with E-state index in [9.17, 15) is 9.59 Å². The van der Waals surface area contributed by atoms with Crippen LogP contribution in [0.3, 0.4) is 0 Å². The lowest BCUT2D eigenvalue weighted by Gasteiger charge is -2.19. The third-order valence-electron chi connectivity index (χ3n) is 1.81. The first kappa shape index (κ1) is 17.2. The van der Waals surface area contributed by atoms with E-state index in [0.717, 1.165) is 6.42 Å². The van der Waals surface area contributed by atoms with E-state index < -0.39 is 11.7 Å². The van der Waals surface area contributed by atoms with Crippen LogP contribution in [0.15, 0.2) is 17.1 Å². The van der Waals surface area contributed by atoms with Crippen molar-refractivity contribution in [2.75, 3.05) is 13.6 Å². The highest BCUT2D eigenvalue weighted by molar-refractivity contribution is 6.05. The lowest BCUT2D eigenvalue weighted by molar-refractivity contribution is -0.118. The van der Waals surface area contributed by atoms with Crippen LogP contribution in [0.1, 0.15) is 34.1 Å². The number of aliphatic imine (C=N–C) groups is 1. The first-order chi connectivity index (χ1) is 8.78. The fourth-order valence-electron chi connectivity index (χ4n) is 1.06. The molecule has 0 saturated heterocycles. The quantitative estimate of drug-likeness (QED) is 0.601. The van der Waals surface area contributed by atoms with Crippen LogP contribution in [0.2, 0.25) is 0 Å². The molecule has 0 bridgehead atoms. The third kappa shape index (κ3) is 9.82. The number of nitrogens with one attached hydrogen (secondary N) is 2. The maximum absolute atomic E-state index is 11.5. The minimum Gasteiger partial charge on any atom is -0.444 e. The summed E-state index contributed by atoms with van der Waals surface area (Å²) in [6, 6.07) is 0. The van der Waals surface area contributed by atoms with E-state index in [2.05, 4.69) is 15.6 Å². The van der Waals surface area contributed by atoms with E-state index in [1.807, 2.05) is 13.0 Å². The van der Waals surface area contributed by atoms with E-state index in [0.29, 0.717) is 5.84 Å². The highest BCUT2D eigenvalue weighted by Gasteiger charge is 2.16. The van der Waals surface area contributed by atoms with Gasteiger partial charge in [-0.3, -0.25) is 9.79 Å². The number of nitrogens with zero attached hydrogens (tertiary/aromatic N) is 1. The second-order valence-corrected chi connectivity index (χ2v) is 4.82. The molecule has 0 spiro atoms. The van der Waals surface area contributed by atoms with Crippen LogP contribution in [0.5, 0.6) is 0 Å². The van der Waals surface area contributed by atoms with Gasteiger partial charge in [0, 0.05) is 7.05 Å². The SMILES string of the molecule is CC/C=C\C(=NC)NC(=O)CNC(=O)OC(C)(C)C. The molecule has 2 N–H and O–H groups in total. The summed E-state index contributed by atoms with van der Waals surface area (Å²) in [5, 5.41) is 4.95. The normalized spacial score (nSPS) is 12.4. The van der Waals surface area contributed by atoms with Gasteiger partial charge in [-0.25, -0.2) is 4.79 Å². The third-order valence-corrected chi connectivity index (χ3v) is 1.81. The van der Waals surface area contributed by atoms with Gasteiger partial charge in [0.15, 0.2) is 0 Å². The molecule has 0 aromatic heterocycles. The first-order valence-corrected chi connectivity index (χ1v) is 6.18. The summed E-state index contributed by atoms with van der Waals surface area (Å²) in [6.45, 7) is 7.09. The van der Waals surface area contributed by atoms with Crippen molar-refractivity contribution in [3.05, 3.63) is 12.2 Å². The summed E-state index contributed by atoms with van der Waals surface area (Å²) in [4.78, 5) is 26.8. The van der Waals surface area contributed by atoms with Gasteiger partial charge in [0.25, 0.3) is 0 Å². The Kier molecular flexibility index (Phi) is 7.48. The summed E-state index contributed by atoms with van der Waals surface area (Å²) in [5.74, 6) is 0.102. The molecule has 0 aliphatic heterocycles. The van der Waals surface area contributed by atoms with Crippen molar-refractivity contribution < 1.29 is 14.3 Å². The standard InChI is InChI=1S/C13H23N3O3/c1-6-7-8-10(14-5)16-11(17)9-15-12(18)19-13(2,3)4/h7-8H,6,9H2,1-5H3,(H,15,18)(H,14,16,17)/b8-7-. The monoisotopic (exact) mass is 269 g/mol. The molecular formula is C13H23N3O3. The zero-order chi connectivity index (χ0) is 14.9. The molecule has 0 aliphatic carbocycles. The average molecular weight is 269 g/mol. The Morgan fingerprint density at radius 2 is 1.95 bits per heavy atom. The van der Waals surface area contributed by atoms with E-state index in [1.165, 1.54) is 0 Å². The molecule has 0 aliphatic rings. The predicted octanol–water partition coefficient (Wildman–Crippen LogP) is 1.62. The van der Waals surface area contributed by atoms with Crippen LogP contribution in [-0.2, 0) is 9.53 Å². The van der Waals surface area contributed by atoms with Gasteiger partial charge in [-0.15, -0.1) is 0 Å². The van der Waals surface area contributed by atoms with Gasteiger partial charge in [0.05, 0.1) is 0 Å². The molecule has 0 radical (unpaired) electrons. The molecule has 19 heavy (non-hydrogen) atoms. The van der Waals surface area contributed by atoms with Gasteiger partial charge in [-0.1, -0.05) is 13.0 Å². The van der Waals surface area contributed by atoms with Crippen LogP contribution in [0, 0.1) is 0 Å². The molecule has 2 amide bonds. The number of allylic oxidation sites excluding steroid dienone is 1. The Morgan fingerprint density at radius 3 is 2.42 bits per heavy atom. The van der Waals surface area contributed by atoms with E-state index >= 15 is 0 Å². The molecule has 0 saturated carbocycles. The molecule has 0 rings (SSSR count). The Morgan fingerprint density at radius 1 is 1.32 bits per heavy atom. The fraction of sp³-hybridized carbons (Fsp3) is 0.615. The number of carbonyl (C=O) groups is 2. The van der Waals surface area contributed by atoms with Crippen LogP contribution < -0.4 is 10.6 Å². The number of hydrogen-bond donors (Lipinski definition) is 2. The van der Waals surface area contributed by atoms with Crippen molar-refractivity contribution in [1.82, 2.24) is 10.6 Å². The maximum atomic E-state index is 11.5. The number of amides is 2. The number of hydrogen-bond acceptors (Lipinski definition) is 4. The molecule has 0 atom stereocenters. The van der Waals surface area contributed by atoms with Crippen LogP contribution in [-0.4, -0.2) is 37.0 Å². The van der Waals surface area contributed by atoms with E-state index in [1.54, 1.807) is 33.9 Å². The predicted molar refractivity (Wildman–Crippen MR) is 75.2 cm³/mol. The van der Waals surface area contributed by atoms with E-state index in [4.69, 9.17) is 4.74 Å². The largest absolute Gasteiger partial charge is 0.444 e. The van der Waals surface area contributed by atoms with Gasteiger partial charge in [0.1, 0.15) is 18.0 Å². The number of carbonyl (C=O) groups excluding carboxylic acids is 2. The molecule has 6 nitrogen and oxygen atoms in total. The number of rotatable bonds is 4. The van der Waals surface area contributed by atoms with Crippen LogP contribution in [0.4, 0.5) is 4.79 Å². The zero-order valence-corrected chi connectivity index (χ0v) is 12.2. The van der Waals surface area contributed by atoms with Crippen molar-refractivity contribution in [2.24, 2.45) is 4.99 Å². The van der Waals surface area contributed by atoms with Crippen LogP contribution in [0.25, 0.3) is 0 Å². The van der Waals surface area contributed by atoms with Crippen molar-refractivity contribution >= 4 is 17.8 Å². The van der Waals surface area contributed by atoms with Crippen LogP contribution >= 0.6 is 0 Å². The Labute approximate surface area is 114 Å². The molecule has 0 unspecified atom stereocenters. The highest BCUT2D eigenvalue weighted by Crippen LogP contribution is 2.05. The van der Waals surface area contributed by atoms with Crippen molar-refractivity contribution in [2.45, 2.75) is 39.7 Å². The minimum absolute atomic E-state index is 0.159. The lowest BCUT2D eigenvalue weighted by atomic mass is 10.2. The molecule has 0 aromatic rings. The molecule has 0 aromatic carbocycles. The summed E-state index contributed by atoms with van der Waals surface area (Å²) in [6.07, 6.45) is 3.82. The molecule has 108 valence electrons. The van der Waals surface area contributed by atoms with Gasteiger partial charge in [-0.05, 0) is 33.3 Å². The van der Waals surface area contributed by atoms with Gasteiger partial charge >= 0.3 is 6.09 Å². The summed E-state index contributed by atoms with van der Waals surface area (Å²) in [5.41, 5.74) is -0.583. The summed E-state index contributed by atoms with van der Waals surface area (Å²) < 4.78 is 5.01. The molecule has 0 fully saturated rings. The van der Waals surface area contributed by atoms with Crippen molar-refractivity contribution in [3.63, 3.8) is 0 Å². The van der Waals surface area contributed by atoms with Crippen molar-refractivity contribution in [3.8, 4) is 0 Å². The average Bonchev–Trinajstić information content (AvgIpc) is 2.29. The Bertz CT molecular complexity index is 368. The molecule has 6 heteroatoms. The lowest BCUT2D eigenvalue weighted by Crippen LogP contribution is -2.41. The topological polar surface area (TPSA) is 79.8 Å². The summed E-state index contributed by atoms with van der Waals surface area (Å²) in [7, 11) is 1.58. The first-order valence-electron chi connectivity index (χ1n) is 6.18. The second-order valence-electron chi connectivity index (χ2n) is 4.82. The van der Waals surface area contributed by atoms with Gasteiger partial charge < -0.3 is 15.4 Å². The summed E-state index contributed by atoms with van der Waals surface area (Å²) >= 11 is 0. The molecule has 0 heterocycles. The van der Waals surface area contributed by atoms with Gasteiger partial charge in [0.2, 0.25) is 5.91 Å². The minimum atomic E-state index is -0.623. The van der Waals surface area contributed by atoms with Crippen molar-refractivity contribution in [1.29, 1.82) is 0 Å². The fourth-order valence-corrected chi connectivity index (χ4v) is 1.06. The molecular weight excluding hydrogens is 246 g/mol. The van der Waals surface area contributed by atoms with E-state index in [-0.39, 0.29) is 12.5 Å². The number of amidine groups is 1. The number of ether oxygens (including phenoxy) is 1. The smallest absolute Gasteiger partial charge is 0.408 e. The highest BCUT2D eigenvalue weighted by atomic mass is 16.6. The van der Waals surface area contributed by atoms with Gasteiger partial charge in [-0.2, -0.15) is 0 Å².